The van der Waals surface area contributed by atoms with Crippen molar-refractivity contribution in [3.63, 3.8) is 0 Å². The molecule has 2 aliphatic rings. The second-order valence-corrected chi connectivity index (χ2v) is 9.07. The molecule has 0 N–H and O–H groups in total. The fraction of sp³-hybridized carbons (Fsp3) is 0.500. The minimum absolute atomic E-state index is 0.158. The van der Waals surface area contributed by atoms with E-state index < -0.39 is 0 Å². The Hall–Kier alpha value is -0.690. The van der Waals surface area contributed by atoms with Crippen molar-refractivity contribution >= 4 is 68.1 Å². The van der Waals surface area contributed by atoms with E-state index in [-0.39, 0.29) is 17.5 Å². The van der Waals surface area contributed by atoms with Crippen LogP contribution in [0.3, 0.4) is 0 Å². The number of anilines is 2. The molecule has 3 heterocycles. The number of aromatic nitrogens is 2. The molecule has 0 aliphatic carbocycles. The van der Waals surface area contributed by atoms with E-state index in [0.29, 0.717) is 29.7 Å². The number of nitrogens with zero attached hydrogens (tertiary/aromatic N) is 5. The summed E-state index contributed by atoms with van der Waals surface area (Å²) in [6.07, 6.45) is 0. The molecule has 9 heteroatoms. The Morgan fingerprint density at radius 2 is 2.00 bits per heavy atom. The number of rotatable bonds is 0. The van der Waals surface area contributed by atoms with Gasteiger partial charge in [-0.2, -0.15) is 4.98 Å². The van der Waals surface area contributed by atoms with Crippen molar-refractivity contribution in [1.82, 2.24) is 10.9 Å². The van der Waals surface area contributed by atoms with Crippen molar-refractivity contribution in [3.05, 3.63) is 27.9 Å². The van der Waals surface area contributed by atoms with Gasteiger partial charge in [0.05, 0.1) is 45.5 Å². The van der Waals surface area contributed by atoms with E-state index in [1.54, 1.807) is 13.0 Å². The van der Waals surface area contributed by atoms with Crippen molar-refractivity contribution < 1.29 is 4.39 Å². The summed E-state index contributed by atoms with van der Waals surface area (Å²) in [7, 11) is 1.92. The van der Waals surface area contributed by atoms with Gasteiger partial charge in [0, 0.05) is 55.6 Å². The Balaban J connectivity index is 2.09. The zero-order chi connectivity index (χ0) is 18.0. The fourth-order valence-corrected chi connectivity index (χ4v) is 4.94. The minimum atomic E-state index is -0.312. The second kappa shape index (κ2) is 6.19. The van der Waals surface area contributed by atoms with Crippen LogP contribution in [0.2, 0.25) is 0 Å². The Kier molecular flexibility index (Phi) is 4.38. The zero-order valence-corrected chi connectivity index (χ0v) is 18.4. The molecule has 2 aliphatic heterocycles. The summed E-state index contributed by atoms with van der Waals surface area (Å²) in [5, 5.41) is 0.733. The summed E-state index contributed by atoms with van der Waals surface area (Å²) in [6.45, 7) is 6.20. The molecule has 2 unspecified atom stereocenters. The lowest BCUT2D eigenvalue weighted by atomic mass is 10.1. The van der Waals surface area contributed by atoms with Crippen molar-refractivity contribution in [3.8, 4) is 0 Å². The van der Waals surface area contributed by atoms with E-state index in [1.807, 2.05) is 34.8 Å². The van der Waals surface area contributed by atoms with E-state index in [0.717, 1.165) is 24.0 Å². The Morgan fingerprint density at radius 3 is 2.72 bits per heavy atom. The van der Waals surface area contributed by atoms with E-state index in [2.05, 4.69) is 42.8 Å². The molecule has 1 fully saturated rings. The van der Waals surface area contributed by atoms with Crippen LogP contribution in [0.15, 0.2) is 10.9 Å². The average molecular weight is 569 g/mol. The highest BCUT2D eigenvalue weighted by Crippen LogP contribution is 2.41. The van der Waals surface area contributed by atoms with E-state index >= 15 is 4.39 Å². The topological polar surface area (TPSA) is 44.6 Å². The Bertz CT molecular complexity index is 933. The van der Waals surface area contributed by atoms with Crippen LogP contribution in [0.1, 0.15) is 12.5 Å². The summed E-state index contributed by atoms with van der Waals surface area (Å²) in [6, 6.07) is 2.24. The molecule has 25 heavy (non-hydrogen) atoms. The number of hydrogen-bond acceptors (Lipinski definition) is 5. The molecular formula is C16H18FI2N5O. The fourth-order valence-electron chi connectivity index (χ4n) is 3.82. The lowest BCUT2D eigenvalue weighted by Gasteiger charge is -2.43. The van der Waals surface area contributed by atoms with Gasteiger partial charge in [0.15, 0.2) is 0 Å². The van der Waals surface area contributed by atoms with Gasteiger partial charge in [-0.3, -0.25) is 0 Å². The third-order valence-corrected chi connectivity index (χ3v) is 7.39. The number of piperazine rings is 1. The summed E-state index contributed by atoms with van der Waals surface area (Å²) >= 11 is 4.30. The summed E-state index contributed by atoms with van der Waals surface area (Å²) in [5.74, 6) is 0.389. The zero-order valence-electron chi connectivity index (χ0n) is 14.1. The first-order chi connectivity index (χ1) is 11.8. The smallest absolute Gasteiger partial charge is 0.359 e. The molecular weight excluding hydrogens is 551 g/mol. The lowest BCUT2D eigenvalue weighted by molar-refractivity contribution is 0.312. The molecule has 0 saturated carbocycles. The molecule has 134 valence electrons. The largest absolute Gasteiger partial charge is 0.369 e. The van der Waals surface area contributed by atoms with Crippen LogP contribution < -0.4 is 15.5 Å². The first kappa shape index (κ1) is 17.7. The number of aryl methyl sites for hydroxylation is 1. The average Bonchev–Trinajstić information content (AvgIpc) is 2.66. The second-order valence-electron chi connectivity index (χ2n) is 6.87. The standard InChI is InChI=1S/C16H18FI2N5O/c1-8-4-11-12-14(13(8)17)21(3)6-10-7-23(18)9(2)5-22(10)15(12)20-16(25)24(11)19/h4,9-10H,5-7H2,1-3H3. The quantitative estimate of drug-likeness (QED) is 0.361. The minimum Gasteiger partial charge on any atom is -0.369 e. The predicted octanol–water partition coefficient (Wildman–Crippen LogP) is 2.72. The number of fused-ring (bicyclic) bond motifs is 2. The van der Waals surface area contributed by atoms with Gasteiger partial charge < -0.3 is 9.80 Å². The third kappa shape index (κ3) is 2.64. The molecule has 4 rings (SSSR count). The lowest BCUT2D eigenvalue weighted by Crippen LogP contribution is -2.57. The van der Waals surface area contributed by atoms with Gasteiger partial charge in [-0.25, -0.2) is 15.1 Å². The molecule has 1 aromatic carbocycles. The van der Waals surface area contributed by atoms with Crippen LogP contribution in [-0.4, -0.2) is 49.6 Å². The maximum atomic E-state index is 15.1. The van der Waals surface area contributed by atoms with Gasteiger partial charge in [-0.1, -0.05) is 0 Å². The molecule has 2 atom stereocenters. The van der Waals surface area contributed by atoms with Crippen LogP contribution in [0, 0.1) is 12.7 Å². The Labute approximate surface area is 173 Å². The Morgan fingerprint density at radius 1 is 1.28 bits per heavy atom. The predicted molar refractivity (Wildman–Crippen MR) is 115 cm³/mol. The van der Waals surface area contributed by atoms with Crippen molar-refractivity contribution in [2.45, 2.75) is 25.9 Å². The maximum absolute atomic E-state index is 15.1. The number of likely N-dealkylation sites (N-methyl/N-ethyl adjacent to an activating group) is 1. The molecule has 0 bridgehead atoms. The van der Waals surface area contributed by atoms with Crippen LogP contribution in [-0.2, 0) is 0 Å². The van der Waals surface area contributed by atoms with Gasteiger partial charge in [-0.05, 0) is 25.5 Å². The van der Waals surface area contributed by atoms with Crippen molar-refractivity contribution in [2.24, 2.45) is 0 Å². The molecule has 6 nitrogen and oxygen atoms in total. The molecule has 2 aromatic rings. The number of halogens is 3. The first-order valence-corrected chi connectivity index (χ1v) is 10.0. The summed E-state index contributed by atoms with van der Waals surface area (Å²) in [4.78, 5) is 21.0. The number of benzene rings is 1. The maximum Gasteiger partial charge on any atom is 0.359 e. The summed E-state index contributed by atoms with van der Waals surface area (Å²) < 4.78 is 18.8. The van der Waals surface area contributed by atoms with Crippen LogP contribution in [0.4, 0.5) is 15.9 Å². The highest BCUT2D eigenvalue weighted by Gasteiger charge is 2.37. The van der Waals surface area contributed by atoms with Gasteiger partial charge in [0.2, 0.25) is 0 Å². The highest BCUT2D eigenvalue weighted by atomic mass is 127. The van der Waals surface area contributed by atoms with Crippen LogP contribution in [0.25, 0.3) is 10.9 Å². The van der Waals surface area contributed by atoms with Crippen molar-refractivity contribution in [2.75, 3.05) is 36.5 Å². The van der Waals surface area contributed by atoms with Gasteiger partial charge >= 0.3 is 5.69 Å². The van der Waals surface area contributed by atoms with E-state index in [9.17, 15) is 4.79 Å². The SMILES string of the molecule is Cc1cc2c3c(nc(=O)n2I)N2CC(C)N(I)CC2CN(C)c3c1F. The van der Waals surface area contributed by atoms with Gasteiger partial charge in [-0.15, -0.1) is 0 Å². The van der Waals surface area contributed by atoms with Crippen molar-refractivity contribution in [1.29, 1.82) is 0 Å². The third-order valence-electron chi connectivity index (χ3n) is 5.11. The molecule has 1 saturated heterocycles. The van der Waals surface area contributed by atoms with Gasteiger partial charge in [0.25, 0.3) is 0 Å². The van der Waals surface area contributed by atoms with E-state index in [1.165, 1.54) is 2.78 Å². The van der Waals surface area contributed by atoms with E-state index in [4.69, 9.17) is 0 Å². The van der Waals surface area contributed by atoms with Gasteiger partial charge in [0.1, 0.15) is 11.6 Å². The summed E-state index contributed by atoms with van der Waals surface area (Å²) in [5.41, 5.74) is 1.50. The monoisotopic (exact) mass is 569 g/mol. The molecule has 0 radical (unpaired) electrons. The number of hydrogen-bond donors (Lipinski definition) is 0. The molecule has 0 amide bonds. The van der Waals surface area contributed by atoms with Crippen LogP contribution >= 0.6 is 45.7 Å². The first-order valence-electron chi connectivity index (χ1n) is 8.11. The molecule has 1 aromatic heterocycles. The highest BCUT2D eigenvalue weighted by molar-refractivity contribution is 14.1. The van der Waals surface area contributed by atoms with Crippen LogP contribution in [0.5, 0.6) is 0 Å². The normalized spacial score (nSPS) is 23.8. The molecule has 0 spiro atoms.